The number of carbonyl (C=O) groups is 2. The Morgan fingerprint density at radius 3 is 2.22 bits per heavy atom. The molecule has 1 N–H and O–H groups in total. The van der Waals surface area contributed by atoms with Gasteiger partial charge in [0.2, 0.25) is 11.8 Å². The van der Waals surface area contributed by atoms with Crippen LogP contribution in [-0.4, -0.2) is 44.0 Å². The molecule has 1 heterocycles. The number of benzene rings is 2. The van der Waals surface area contributed by atoms with Gasteiger partial charge in [-0.1, -0.05) is 12.1 Å². The minimum atomic E-state index is -0.324. The maximum atomic E-state index is 12.5. The summed E-state index contributed by atoms with van der Waals surface area (Å²) >= 11 is 0. The van der Waals surface area contributed by atoms with E-state index in [1.165, 1.54) is 0 Å². The maximum absolute atomic E-state index is 12.5. The van der Waals surface area contributed by atoms with Crippen LogP contribution in [0, 0.1) is 5.92 Å². The average molecular weight is 368 g/mol. The van der Waals surface area contributed by atoms with E-state index in [-0.39, 0.29) is 24.2 Å². The fraction of sp³-hybridized carbons (Fsp3) is 0.333. The third-order valence-electron chi connectivity index (χ3n) is 4.77. The van der Waals surface area contributed by atoms with Gasteiger partial charge >= 0.3 is 0 Å². The van der Waals surface area contributed by atoms with E-state index in [9.17, 15) is 9.59 Å². The lowest BCUT2D eigenvalue weighted by molar-refractivity contribution is -0.128. The van der Waals surface area contributed by atoms with Gasteiger partial charge in [0.1, 0.15) is 11.5 Å². The molecule has 1 atom stereocenters. The topological polar surface area (TPSA) is 67.9 Å². The molecule has 6 heteroatoms. The number of nitrogens with one attached hydrogen (secondary N) is 1. The maximum Gasteiger partial charge on any atom is 0.229 e. The van der Waals surface area contributed by atoms with Crippen molar-refractivity contribution in [3.05, 3.63) is 54.1 Å². The Morgan fingerprint density at radius 2 is 1.63 bits per heavy atom. The predicted molar refractivity (Wildman–Crippen MR) is 103 cm³/mol. The largest absolute Gasteiger partial charge is 0.497 e. The monoisotopic (exact) mass is 368 g/mol. The molecule has 3 rings (SSSR count). The van der Waals surface area contributed by atoms with E-state index in [0.29, 0.717) is 18.8 Å². The van der Waals surface area contributed by atoms with Gasteiger partial charge in [-0.3, -0.25) is 9.59 Å². The van der Waals surface area contributed by atoms with E-state index >= 15 is 0 Å². The van der Waals surface area contributed by atoms with Crippen molar-refractivity contribution in [1.82, 2.24) is 4.90 Å². The lowest BCUT2D eigenvalue weighted by Crippen LogP contribution is -2.30. The molecular formula is C21H24N2O4. The molecule has 0 bridgehead atoms. The van der Waals surface area contributed by atoms with Crippen molar-refractivity contribution in [2.45, 2.75) is 12.8 Å². The van der Waals surface area contributed by atoms with Crippen LogP contribution in [0.2, 0.25) is 0 Å². The third kappa shape index (κ3) is 4.78. The zero-order valence-electron chi connectivity index (χ0n) is 15.6. The summed E-state index contributed by atoms with van der Waals surface area (Å²) in [7, 11) is 3.23. The van der Waals surface area contributed by atoms with Crippen molar-refractivity contribution in [1.29, 1.82) is 0 Å². The Morgan fingerprint density at radius 1 is 1.04 bits per heavy atom. The van der Waals surface area contributed by atoms with Crippen molar-refractivity contribution in [3.8, 4) is 11.5 Å². The van der Waals surface area contributed by atoms with Crippen LogP contribution >= 0.6 is 0 Å². The van der Waals surface area contributed by atoms with Gasteiger partial charge in [-0.25, -0.2) is 0 Å². The van der Waals surface area contributed by atoms with Crippen molar-refractivity contribution in [2.75, 3.05) is 32.6 Å². The first-order valence-corrected chi connectivity index (χ1v) is 8.94. The summed E-state index contributed by atoms with van der Waals surface area (Å²) in [6, 6.07) is 15.0. The van der Waals surface area contributed by atoms with Crippen molar-refractivity contribution in [3.63, 3.8) is 0 Å². The average Bonchev–Trinajstić information content (AvgIpc) is 3.08. The molecule has 1 unspecified atom stereocenters. The quantitative estimate of drug-likeness (QED) is 0.816. The second kappa shape index (κ2) is 8.58. The van der Waals surface area contributed by atoms with Gasteiger partial charge in [0.05, 0.1) is 20.1 Å². The van der Waals surface area contributed by atoms with Gasteiger partial charge in [-0.05, 0) is 48.4 Å². The van der Waals surface area contributed by atoms with Crippen molar-refractivity contribution < 1.29 is 19.1 Å². The van der Waals surface area contributed by atoms with Crippen molar-refractivity contribution in [2.24, 2.45) is 5.92 Å². The van der Waals surface area contributed by atoms with Gasteiger partial charge in [-0.2, -0.15) is 0 Å². The van der Waals surface area contributed by atoms with Crippen molar-refractivity contribution >= 4 is 17.5 Å². The van der Waals surface area contributed by atoms with E-state index in [2.05, 4.69) is 5.32 Å². The number of carbonyl (C=O) groups excluding carboxylic acids is 2. The summed E-state index contributed by atoms with van der Waals surface area (Å²) in [5, 5.41) is 2.88. The number of nitrogens with zero attached hydrogens (tertiary/aromatic N) is 1. The lowest BCUT2D eigenvalue weighted by Gasteiger charge is -2.17. The van der Waals surface area contributed by atoms with E-state index in [1.54, 1.807) is 43.4 Å². The second-order valence-electron chi connectivity index (χ2n) is 6.56. The summed E-state index contributed by atoms with van der Waals surface area (Å²) in [4.78, 5) is 26.5. The first-order chi connectivity index (χ1) is 13.1. The fourth-order valence-electron chi connectivity index (χ4n) is 3.14. The van der Waals surface area contributed by atoms with E-state index in [1.807, 2.05) is 24.3 Å². The smallest absolute Gasteiger partial charge is 0.229 e. The van der Waals surface area contributed by atoms with E-state index in [0.717, 1.165) is 23.5 Å². The highest BCUT2D eigenvalue weighted by molar-refractivity contribution is 5.97. The number of rotatable bonds is 7. The molecule has 1 aliphatic heterocycles. The molecule has 1 aliphatic rings. The van der Waals surface area contributed by atoms with Gasteiger partial charge in [0, 0.05) is 25.2 Å². The number of likely N-dealkylation sites (tertiary alicyclic amines) is 1. The summed E-state index contributed by atoms with van der Waals surface area (Å²) in [5.74, 6) is 1.12. The van der Waals surface area contributed by atoms with Crippen LogP contribution in [0.25, 0.3) is 0 Å². The Kier molecular flexibility index (Phi) is 5.96. The Labute approximate surface area is 159 Å². The molecular weight excluding hydrogens is 344 g/mol. The zero-order valence-corrected chi connectivity index (χ0v) is 15.6. The molecule has 27 heavy (non-hydrogen) atoms. The standard InChI is InChI=1S/C21H24N2O4/c1-26-18-7-3-15(4-8-18)11-12-23-14-16(13-20(23)24)21(25)22-17-5-9-19(27-2)10-6-17/h3-10,16H,11-14H2,1-2H3,(H,22,25). The first-order valence-electron chi connectivity index (χ1n) is 8.94. The number of hydrogen-bond acceptors (Lipinski definition) is 4. The first kappa shape index (κ1) is 18.8. The summed E-state index contributed by atoms with van der Waals surface area (Å²) < 4.78 is 10.3. The number of ether oxygens (including phenoxy) is 2. The molecule has 0 aliphatic carbocycles. The van der Waals surface area contributed by atoms with Gasteiger partial charge in [0.25, 0.3) is 0 Å². The van der Waals surface area contributed by atoms with Crippen LogP contribution < -0.4 is 14.8 Å². The molecule has 0 aromatic heterocycles. The molecule has 0 saturated carbocycles. The van der Waals surface area contributed by atoms with Crippen LogP contribution in [-0.2, 0) is 16.0 Å². The van der Waals surface area contributed by atoms with Gasteiger partial charge < -0.3 is 19.7 Å². The Bertz CT molecular complexity index is 787. The molecule has 2 aromatic rings. The molecule has 142 valence electrons. The van der Waals surface area contributed by atoms with E-state index < -0.39 is 0 Å². The zero-order chi connectivity index (χ0) is 19.2. The van der Waals surface area contributed by atoms with Gasteiger partial charge in [-0.15, -0.1) is 0 Å². The minimum absolute atomic E-state index is 0.0263. The highest BCUT2D eigenvalue weighted by Gasteiger charge is 2.34. The van der Waals surface area contributed by atoms with Crippen LogP contribution in [0.3, 0.4) is 0 Å². The molecule has 0 radical (unpaired) electrons. The highest BCUT2D eigenvalue weighted by Crippen LogP contribution is 2.22. The molecule has 6 nitrogen and oxygen atoms in total. The molecule has 0 spiro atoms. The molecule has 2 amide bonds. The normalized spacial score (nSPS) is 16.3. The fourth-order valence-corrected chi connectivity index (χ4v) is 3.14. The van der Waals surface area contributed by atoms with Crippen LogP contribution in [0.5, 0.6) is 11.5 Å². The molecule has 2 aromatic carbocycles. The number of anilines is 1. The lowest BCUT2D eigenvalue weighted by atomic mass is 10.1. The SMILES string of the molecule is COc1ccc(CCN2CC(C(=O)Nc3ccc(OC)cc3)CC2=O)cc1. The Balaban J connectivity index is 1.51. The summed E-state index contributed by atoms with van der Waals surface area (Å²) in [6.45, 7) is 1.06. The van der Waals surface area contributed by atoms with Gasteiger partial charge in [0.15, 0.2) is 0 Å². The minimum Gasteiger partial charge on any atom is -0.497 e. The summed E-state index contributed by atoms with van der Waals surface area (Å²) in [6.07, 6.45) is 1.01. The third-order valence-corrected chi connectivity index (χ3v) is 4.77. The summed E-state index contributed by atoms with van der Waals surface area (Å²) in [5.41, 5.74) is 1.83. The van der Waals surface area contributed by atoms with E-state index in [4.69, 9.17) is 9.47 Å². The second-order valence-corrected chi connectivity index (χ2v) is 6.56. The number of amides is 2. The molecule has 1 fully saturated rings. The Hall–Kier alpha value is -3.02. The predicted octanol–water partition coefficient (Wildman–Crippen LogP) is 2.73. The molecule has 1 saturated heterocycles. The number of methoxy groups -OCH3 is 2. The van der Waals surface area contributed by atoms with Crippen LogP contribution in [0.4, 0.5) is 5.69 Å². The van der Waals surface area contributed by atoms with Crippen LogP contribution in [0.1, 0.15) is 12.0 Å². The van der Waals surface area contributed by atoms with Crippen LogP contribution in [0.15, 0.2) is 48.5 Å². The highest BCUT2D eigenvalue weighted by atomic mass is 16.5. The number of hydrogen-bond donors (Lipinski definition) is 1.